The van der Waals surface area contributed by atoms with Crippen LogP contribution in [0.4, 0.5) is 18.0 Å². The van der Waals surface area contributed by atoms with E-state index < -0.39 is 46.6 Å². The molecule has 1 aromatic carbocycles. The topological polar surface area (TPSA) is 105 Å². The highest BCUT2D eigenvalue weighted by Gasteiger charge is 2.39. The second kappa shape index (κ2) is 9.07. The number of carboxylic acids is 1. The van der Waals surface area contributed by atoms with Crippen LogP contribution in [0, 0.1) is 0 Å². The quantitative estimate of drug-likeness (QED) is 0.667. The molecule has 1 saturated heterocycles. The van der Waals surface area contributed by atoms with Gasteiger partial charge in [0.2, 0.25) is 0 Å². The van der Waals surface area contributed by atoms with Crippen LogP contribution >= 0.6 is 0 Å². The van der Waals surface area contributed by atoms with Gasteiger partial charge >= 0.3 is 23.9 Å². The zero-order chi connectivity index (χ0) is 26.6. The maximum atomic E-state index is 13.6. The number of likely N-dealkylation sites (N-methyl/N-ethyl adjacent to an activating group) is 1. The molecule has 9 nitrogen and oxygen atoms in total. The Morgan fingerprint density at radius 2 is 1.68 bits per heavy atom. The lowest BCUT2D eigenvalue weighted by molar-refractivity contribution is -0.138. The predicted octanol–water partition coefficient (Wildman–Crippen LogP) is 3.11. The molecule has 2 heterocycles. The Morgan fingerprint density at radius 3 is 2.27 bits per heavy atom. The number of nitrogens with zero attached hydrogens (tertiary/aromatic N) is 4. The number of aromatic nitrogens is 2. The number of alkyl halides is 3. The molecule has 1 atom stereocenters. The van der Waals surface area contributed by atoms with Crippen molar-refractivity contribution in [2.45, 2.75) is 62.8 Å². The van der Waals surface area contributed by atoms with Crippen LogP contribution in [0.2, 0.25) is 0 Å². The van der Waals surface area contributed by atoms with Crippen molar-refractivity contribution in [2.75, 3.05) is 20.1 Å². The molecule has 0 radical (unpaired) electrons. The summed E-state index contributed by atoms with van der Waals surface area (Å²) in [6.07, 6.45) is -1.22. The van der Waals surface area contributed by atoms with Gasteiger partial charge in [-0.3, -0.25) is 13.9 Å². The van der Waals surface area contributed by atoms with E-state index >= 15 is 0 Å². The molecule has 2 fully saturated rings. The van der Waals surface area contributed by atoms with Gasteiger partial charge in [0.25, 0.3) is 5.56 Å². The molecule has 37 heavy (non-hydrogen) atoms. The molecule has 1 N–H and O–H groups in total. The monoisotopic (exact) mass is 520 g/mol. The van der Waals surface area contributed by atoms with Crippen molar-refractivity contribution < 1.29 is 27.9 Å². The first-order valence-electron chi connectivity index (χ1n) is 12.3. The molecule has 2 aliphatic carbocycles. The van der Waals surface area contributed by atoms with Gasteiger partial charge in [0.05, 0.1) is 11.6 Å². The first-order chi connectivity index (χ1) is 17.5. The van der Waals surface area contributed by atoms with E-state index in [4.69, 9.17) is 0 Å². The highest BCUT2D eigenvalue weighted by molar-refractivity contribution is 5.86. The Kier molecular flexibility index (Phi) is 6.15. The Bertz CT molecular complexity index is 1370. The molecule has 198 valence electrons. The zero-order valence-corrected chi connectivity index (χ0v) is 20.2. The number of halogens is 3. The summed E-state index contributed by atoms with van der Waals surface area (Å²) in [7, 11) is 1.74. The summed E-state index contributed by atoms with van der Waals surface area (Å²) in [5, 5.41) is 9.71. The highest BCUT2D eigenvalue weighted by Crippen LogP contribution is 2.41. The molecule has 1 saturated carbocycles. The SMILES string of the molecule is CN1CCN([C@H]2CC[C@H](n3cc(C(=O)O)c(=O)n([C@@H]4CCc5c4cccc5C(F)(F)F)c3=O)CC2)C1=O. The molecule has 0 unspecified atom stereocenters. The fraction of sp³-hybridized carbons (Fsp3) is 0.520. The third-order valence-electron chi connectivity index (χ3n) is 7.98. The average molecular weight is 521 g/mol. The van der Waals surface area contributed by atoms with Gasteiger partial charge in [-0.15, -0.1) is 0 Å². The molecule has 2 aromatic rings. The Balaban J connectivity index is 1.51. The van der Waals surface area contributed by atoms with Crippen molar-refractivity contribution in [3.8, 4) is 0 Å². The second-order valence-corrected chi connectivity index (χ2v) is 10.00. The number of hydrogen-bond acceptors (Lipinski definition) is 4. The van der Waals surface area contributed by atoms with Crippen molar-refractivity contribution >= 4 is 12.0 Å². The van der Waals surface area contributed by atoms with E-state index in [2.05, 4.69) is 0 Å². The highest BCUT2D eigenvalue weighted by atomic mass is 19.4. The van der Waals surface area contributed by atoms with Crippen LogP contribution in [0.3, 0.4) is 0 Å². The number of carboxylic acid groups (broad SMARTS) is 1. The first kappa shape index (κ1) is 25.1. The molecular formula is C25H27F3N4O5. The predicted molar refractivity (Wildman–Crippen MR) is 126 cm³/mol. The molecule has 3 aliphatic rings. The normalized spacial score (nSPS) is 24.0. The van der Waals surface area contributed by atoms with Crippen LogP contribution in [0.15, 0.2) is 34.0 Å². The Hall–Kier alpha value is -3.57. The third kappa shape index (κ3) is 4.21. The van der Waals surface area contributed by atoms with Crippen molar-refractivity contribution in [1.82, 2.24) is 18.9 Å². The molecule has 5 rings (SSSR count). The number of aromatic carboxylic acids is 1. The number of urea groups is 1. The summed E-state index contributed by atoms with van der Waals surface area (Å²) in [4.78, 5) is 54.5. The van der Waals surface area contributed by atoms with Gasteiger partial charge in [-0.05, 0) is 55.7 Å². The lowest BCUT2D eigenvalue weighted by Gasteiger charge is -2.35. The lowest BCUT2D eigenvalue weighted by atomic mass is 9.90. The summed E-state index contributed by atoms with van der Waals surface area (Å²) in [5.74, 6) is -1.51. The molecule has 12 heteroatoms. The van der Waals surface area contributed by atoms with Crippen LogP contribution in [-0.2, 0) is 12.6 Å². The van der Waals surface area contributed by atoms with Gasteiger partial charge in [0, 0.05) is 38.4 Å². The number of carbonyl (C=O) groups is 2. The van der Waals surface area contributed by atoms with Gasteiger partial charge in [-0.25, -0.2) is 14.4 Å². The van der Waals surface area contributed by atoms with E-state index in [1.807, 2.05) is 4.90 Å². The van der Waals surface area contributed by atoms with Crippen molar-refractivity contribution in [2.24, 2.45) is 0 Å². The summed E-state index contributed by atoms with van der Waals surface area (Å²) in [5.41, 5.74) is -2.92. The summed E-state index contributed by atoms with van der Waals surface area (Å²) in [6, 6.07) is 2.25. The van der Waals surface area contributed by atoms with E-state index in [1.54, 1.807) is 11.9 Å². The number of amides is 2. The Labute approximate surface area is 209 Å². The van der Waals surface area contributed by atoms with Crippen molar-refractivity contribution in [3.63, 3.8) is 0 Å². The largest absolute Gasteiger partial charge is 0.477 e. The minimum absolute atomic E-state index is 0.0109. The fourth-order valence-electron chi connectivity index (χ4n) is 6.10. The van der Waals surface area contributed by atoms with E-state index in [0.717, 1.165) is 16.8 Å². The third-order valence-corrected chi connectivity index (χ3v) is 7.98. The standard InChI is InChI=1S/C25H27F3N4O5/c1-29-11-12-30(23(29)36)14-5-7-15(8-6-14)31-13-18(22(34)35)21(33)32(24(31)37)20-10-9-16-17(20)3-2-4-19(16)25(26,27)28/h2-4,13-15,20H,5-12H2,1H3,(H,34,35)/t14-,15-,20-/m1/s1. The minimum atomic E-state index is -4.58. The summed E-state index contributed by atoms with van der Waals surface area (Å²) in [6.45, 7) is 1.27. The van der Waals surface area contributed by atoms with Gasteiger partial charge < -0.3 is 14.9 Å². The maximum Gasteiger partial charge on any atom is 0.416 e. The molecule has 0 spiro atoms. The van der Waals surface area contributed by atoms with E-state index in [0.29, 0.717) is 38.8 Å². The summed E-state index contributed by atoms with van der Waals surface area (Å²) >= 11 is 0. The number of benzene rings is 1. The number of rotatable bonds is 4. The van der Waals surface area contributed by atoms with Gasteiger partial charge in [0.15, 0.2) is 0 Å². The van der Waals surface area contributed by atoms with E-state index in [9.17, 15) is 37.5 Å². The van der Waals surface area contributed by atoms with Crippen LogP contribution in [0.5, 0.6) is 0 Å². The fourth-order valence-corrected chi connectivity index (χ4v) is 6.10. The molecule has 0 bridgehead atoms. The average Bonchev–Trinajstić information content (AvgIpc) is 3.42. The smallest absolute Gasteiger partial charge is 0.416 e. The molecule has 2 amide bonds. The molecule has 1 aliphatic heterocycles. The minimum Gasteiger partial charge on any atom is -0.477 e. The van der Waals surface area contributed by atoms with Gasteiger partial charge in [-0.2, -0.15) is 13.2 Å². The maximum absolute atomic E-state index is 13.6. The summed E-state index contributed by atoms with van der Waals surface area (Å²) < 4.78 is 42.7. The lowest BCUT2D eigenvalue weighted by Crippen LogP contribution is -2.47. The number of carbonyl (C=O) groups excluding carboxylic acids is 1. The van der Waals surface area contributed by atoms with E-state index in [-0.39, 0.29) is 36.0 Å². The first-order valence-corrected chi connectivity index (χ1v) is 12.3. The van der Waals surface area contributed by atoms with Gasteiger partial charge in [0.1, 0.15) is 5.56 Å². The second-order valence-electron chi connectivity index (χ2n) is 10.00. The van der Waals surface area contributed by atoms with Crippen molar-refractivity contribution in [1.29, 1.82) is 0 Å². The van der Waals surface area contributed by atoms with Crippen LogP contribution < -0.4 is 11.2 Å². The molecular weight excluding hydrogens is 493 g/mol. The van der Waals surface area contributed by atoms with Crippen molar-refractivity contribution in [3.05, 3.63) is 67.5 Å². The van der Waals surface area contributed by atoms with Gasteiger partial charge in [-0.1, -0.05) is 12.1 Å². The van der Waals surface area contributed by atoms with Crippen LogP contribution in [0.25, 0.3) is 0 Å². The number of fused-ring (bicyclic) bond motifs is 1. The zero-order valence-electron chi connectivity index (χ0n) is 20.2. The van der Waals surface area contributed by atoms with Crippen LogP contribution in [0.1, 0.15) is 71.2 Å². The van der Waals surface area contributed by atoms with E-state index in [1.165, 1.54) is 16.7 Å². The Morgan fingerprint density at radius 1 is 1.00 bits per heavy atom. The van der Waals surface area contributed by atoms with Crippen LogP contribution in [-0.4, -0.2) is 62.2 Å². The molecule has 1 aromatic heterocycles. The number of hydrogen-bond donors (Lipinski definition) is 1.